The van der Waals surface area contributed by atoms with Crippen molar-refractivity contribution in [3.05, 3.63) is 58.4 Å². The van der Waals surface area contributed by atoms with Crippen molar-refractivity contribution in [3.8, 4) is 5.75 Å². The number of benzene rings is 1. The predicted molar refractivity (Wildman–Crippen MR) is 75.8 cm³/mol. The summed E-state index contributed by atoms with van der Waals surface area (Å²) in [5.41, 5.74) is 1.65. The molecule has 0 spiro atoms. The molecule has 0 amide bonds. The average molecular weight is 273 g/mol. The zero-order chi connectivity index (χ0) is 14.4. The Morgan fingerprint density at radius 3 is 2.90 bits per heavy atom. The molecule has 0 aliphatic rings. The third kappa shape index (κ3) is 3.68. The van der Waals surface area contributed by atoms with Crippen molar-refractivity contribution >= 4 is 11.4 Å². The van der Waals surface area contributed by atoms with E-state index >= 15 is 0 Å². The Kier molecular flexibility index (Phi) is 4.49. The molecule has 2 rings (SSSR count). The quantitative estimate of drug-likeness (QED) is 0.646. The largest absolute Gasteiger partial charge is 0.494 e. The van der Waals surface area contributed by atoms with Crippen LogP contribution in [0.5, 0.6) is 5.75 Å². The van der Waals surface area contributed by atoms with E-state index in [1.54, 1.807) is 18.5 Å². The second kappa shape index (κ2) is 6.51. The summed E-state index contributed by atoms with van der Waals surface area (Å²) in [6.45, 7) is 2.84. The summed E-state index contributed by atoms with van der Waals surface area (Å²) in [6.07, 6.45) is 3.44. The highest BCUT2D eigenvalue weighted by Gasteiger charge is 2.10. The number of anilines is 1. The molecule has 1 aromatic heterocycles. The Bertz CT molecular complexity index is 587. The molecule has 2 aromatic rings. The van der Waals surface area contributed by atoms with E-state index in [4.69, 9.17) is 4.74 Å². The van der Waals surface area contributed by atoms with Gasteiger partial charge in [0.2, 0.25) is 0 Å². The van der Waals surface area contributed by atoms with Crippen molar-refractivity contribution in [2.45, 2.75) is 13.5 Å². The van der Waals surface area contributed by atoms with E-state index in [1.165, 1.54) is 12.1 Å². The fourth-order valence-electron chi connectivity index (χ4n) is 1.75. The van der Waals surface area contributed by atoms with E-state index in [-0.39, 0.29) is 5.69 Å². The van der Waals surface area contributed by atoms with Crippen molar-refractivity contribution in [3.63, 3.8) is 0 Å². The predicted octanol–water partition coefficient (Wildman–Crippen LogP) is 3.00. The van der Waals surface area contributed by atoms with Crippen LogP contribution >= 0.6 is 0 Å². The van der Waals surface area contributed by atoms with Crippen LogP contribution in [-0.2, 0) is 6.54 Å². The molecule has 0 bridgehead atoms. The highest BCUT2D eigenvalue weighted by atomic mass is 16.6. The standard InChI is InChI=1S/C14H15N3O3/c1-2-20-14-7-12(6-13(8-14)17(18)19)16-10-11-4-3-5-15-9-11/h3-9,16H,2,10H2,1H3. The van der Waals surface area contributed by atoms with Crippen LogP contribution in [0.4, 0.5) is 11.4 Å². The van der Waals surface area contributed by atoms with Gasteiger partial charge in [-0.25, -0.2) is 0 Å². The Balaban J connectivity index is 2.15. The number of pyridine rings is 1. The lowest BCUT2D eigenvalue weighted by molar-refractivity contribution is -0.384. The molecule has 6 heteroatoms. The molecule has 0 aliphatic carbocycles. The molecule has 0 aliphatic heterocycles. The number of nitrogens with zero attached hydrogens (tertiary/aromatic N) is 2. The van der Waals surface area contributed by atoms with Gasteiger partial charge in [0.05, 0.1) is 17.6 Å². The van der Waals surface area contributed by atoms with Gasteiger partial charge in [-0.3, -0.25) is 15.1 Å². The molecule has 0 radical (unpaired) electrons. The summed E-state index contributed by atoms with van der Waals surface area (Å²) in [5, 5.41) is 14.0. The van der Waals surface area contributed by atoms with Gasteiger partial charge in [0.15, 0.2) is 0 Å². The monoisotopic (exact) mass is 273 g/mol. The van der Waals surface area contributed by atoms with Crippen molar-refractivity contribution in [1.29, 1.82) is 0 Å². The number of aromatic nitrogens is 1. The lowest BCUT2D eigenvalue weighted by atomic mass is 10.2. The zero-order valence-electron chi connectivity index (χ0n) is 11.1. The van der Waals surface area contributed by atoms with Gasteiger partial charge in [-0.05, 0) is 18.6 Å². The maximum absolute atomic E-state index is 10.9. The van der Waals surface area contributed by atoms with Crippen molar-refractivity contribution in [1.82, 2.24) is 4.98 Å². The van der Waals surface area contributed by atoms with Gasteiger partial charge < -0.3 is 10.1 Å². The number of nitrogens with one attached hydrogen (secondary N) is 1. The minimum Gasteiger partial charge on any atom is -0.494 e. The molecule has 0 unspecified atom stereocenters. The summed E-state index contributed by atoms with van der Waals surface area (Å²) < 4.78 is 5.33. The maximum Gasteiger partial charge on any atom is 0.275 e. The van der Waals surface area contributed by atoms with E-state index < -0.39 is 4.92 Å². The third-order valence-corrected chi connectivity index (χ3v) is 2.63. The lowest BCUT2D eigenvalue weighted by Crippen LogP contribution is -2.01. The molecule has 0 atom stereocenters. The number of non-ortho nitro benzene ring substituents is 1. The van der Waals surface area contributed by atoms with E-state index in [1.807, 2.05) is 19.1 Å². The number of hydrogen-bond donors (Lipinski definition) is 1. The van der Waals surface area contributed by atoms with Crippen LogP contribution in [0.25, 0.3) is 0 Å². The molecular formula is C14H15N3O3. The summed E-state index contributed by atoms with van der Waals surface area (Å²) in [5.74, 6) is 0.482. The second-order valence-corrected chi connectivity index (χ2v) is 4.12. The highest BCUT2D eigenvalue weighted by molar-refractivity contribution is 5.56. The number of rotatable bonds is 6. The van der Waals surface area contributed by atoms with Crippen molar-refractivity contribution < 1.29 is 9.66 Å². The van der Waals surface area contributed by atoms with Gasteiger partial charge in [0, 0.05) is 36.8 Å². The van der Waals surface area contributed by atoms with Gasteiger partial charge in [0.1, 0.15) is 5.75 Å². The van der Waals surface area contributed by atoms with Crippen molar-refractivity contribution in [2.75, 3.05) is 11.9 Å². The molecule has 1 heterocycles. The molecule has 20 heavy (non-hydrogen) atoms. The number of nitro groups is 1. The van der Waals surface area contributed by atoms with Gasteiger partial charge in [0.25, 0.3) is 5.69 Å². The molecule has 104 valence electrons. The molecule has 0 saturated heterocycles. The number of nitro benzene ring substituents is 1. The van der Waals surface area contributed by atoms with Crippen LogP contribution in [-0.4, -0.2) is 16.5 Å². The summed E-state index contributed by atoms with van der Waals surface area (Å²) in [4.78, 5) is 14.5. The van der Waals surface area contributed by atoms with Gasteiger partial charge in [-0.1, -0.05) is 6.07 Å². The van der Waals surface area contributed by atoms with E-state index in [9.17, 15) is 10.1 Å². The smallest absolute Gasteiger partial charge is 0.275 e. The number of ether oxygens (including phenoxy) is 1. The topological polar surface area (TPSA) is 77.3 Å². The first-order chi connectivity index (χ1) is 9.69. The minimum atomic E-state index is -0.433. The lowest BCUT2D eigenvalue weighted by Gasteiger charge is -2.09. The average Bonchev–Trinajstić information content (AvgIpc) is 2.46. The Morgan fingerprint density at radius 1 is 1.40 bits per heavy atom. The van der Waals surface area contributed by atoms with Crippen LogP contribution in [0, 0.1) is 10.1 Å². The van der Waals surface area contributed by atoms with Crippen LogP contribution in [0.2, 0.25) is 0 Å². The van der Waals surface area contributed by atoms with Crippen LogP contribution in [0.3, 0.4) is 0 Å². The van der Waals surface area contributed by atoms with Crippen LogP contribution in [0.1, 0.15) is 12.5 Å². The minimum absolute atomic E-state index is 0.00429. The van der Waals surface area contributed by atoms with Gasteiger partial charge >= 0.3 is 0 Å². The molecule has 1 N–H and O–H groups in total. The van der Waals surface area contributed by atoms with E-state index in [2.05, 4.69) is 10.3 Å². The number of hydrogen-bond acceptors (Lipinski definition) is 5. The highest BCUT2D eigenvalue weighted by Crippen LogP contribution is 2.26. The molecule has 0 fully saturated rings. The molecule has 0 saturated carbocycles. The van der Waals surface area contributed by atoms with E-state index in [0.717, 1.165) is 5.56 Å². The van der Waals surface area contributed by atoms with E-state index in [0.29, 0.717) is 24.6 Å². The van der Waals surface area contributed by atoms with Crippen LogP contribution < -0.4 is 10.1 Å². The second-order valence-electron chi connectivity index (χ2n) is 4.12. The molecule has 6 nitrogen and oxygen atoms in total. The van der Waals surface area contributed by atoms with Gasteiger partial charge in [-0.2, -0.15) is 0 Å². The maximum atomic E-state index is 10.9. The summed E-state index contributed by atoms with van der Waals surface area (Å²) >= 11 is 0. The Hall–Kier alpha value is -2.63. The molecule has 1 aromatic carbocycles. The first kappa shape index (κ1) is 13.8. The van der Waals surface area contributed by atoms with Crippen molar-refractivity contribution in [2.24, 2.45) is 0 Å². The fourth-order valence-corrected chi connectivity index (χ4v) is 1.75. The van der Waals surface area contributed by atoms with Crippen LogP contribution in [0.15, 0.2) is 42.7 Å². The fraction of sp³-hybridized carbons (Fsp3) is 0.214. The summed E-state index contributed by atoms with van der Waals surface area (Å²) in [7, 11) is 0. The first-order valence-electron chi connectivity index (χ1n) is 6.24. The third-order valence-electron chi connectivity index (χ3n) is 2.63. The SMILES string of the molecule is CCOc1cc(NCc2cccnc2)cc([N+](=O)[O-])c1. The Labute approximate surface area is 116 Å². The normalized spacial score (nSPS) is 10.1. The first-order valence-corrected chi connectivity index (χ1v) is 6.24. The zero-order valence-corrected chi connectivity index (χ0v) is 11.1. The Morgan fingerprint density at radius 2 is 2.25 bits per heavy atom. The van der Waals surface area contributed by atoms with Gasteiger partial charge in [-0.15, -0.1) is 0 Å². The molecular weight excluding hydrogens is 258 g/mol. The summed E-state index contributed by atoms with van der Waals surface area (Å²) in [6, 6.07) is 8.42.